The maximum Gasteiger partial charge on any atom is 0.250 e. The molecular weight excluding hydrogens is 395 g/mol. The Kier molecular flexibility index (Phi) is 12.9. The third-order valence-corrected chi connectivity index (χ3v) is 3.06. The molecule has 0 bridgehead atoms. The first kappa shape index (κ1) is 20.9. The molecule has 6 nitrogen and oxygen atoms in total. The molecule has 1 heterocycles. The largest absolute Gasteiger partial charge is 0.385 e. The summed E-state index contributed by atoms with van der Waals surface area (Å²) in [5.74, 6) is 0.808. The van der Waals surface area contributed by atoms with Crippen LogP contribution in [0.5, 0.6) is 0 Å². The summed E-state index contributed by atoms with van der Waals surface area (Å²) in [4.78, 5) is 15.7. The lowest BCUT2D eigenvalue weighted by Gasteiger charge is -2.11. The third-order valence-electron chi connectivity index (χ3n) is 3.06. The number of aromatic nitrogens is 1. The van der Waals surface area contributed by atoms with E-state index < -0.39 is 0 Å². The van der Waals surface area contributed by atoms with E-state index in [2.05, 4.69) is 15.6 Å². The highest BCUT2D eigenvalue weighted by Crippen LogP contribution is 1.92. The van der Waals surface area contributed by atoms with Crippen molar-refractivity contribution in [2.24, 2.45) is 4.99 Å². The van der Waals surface area contributed by atoms with Gasteiger partial charge in [-0.2, -0.15) is 0 Å². The van der Waals surface area contributed by atoms with Crippen molar-refractivity contribution in [3.8, 4) is 0 Å². The summed E-state index contributed by atoms with van der Waals surface area (Å²) >= 11 is 0. The minimum atomic E-state index is 0. The average molecular weight is 422 g/mol. The molecule has 1 aromatic heterocycles. The number of unbranched alkanes of at least 4 members (excludes halogenated alkanes) is 1. The molecule has 0 aromatic carbocycles. The highest BCUT2D eigenvalue weighted by molar-refractivity contribution is 14.0. The molecule has 0 fully saturated rings. The molecule has 0 aliphatic carbocycles. The molecule has 0 unspecified atom stereocenters. The molecule has 0 atom stereocenters. The molecular formula is C15H27IN4O2. The van der Waals surface area contributed by atoms with E-state index in [0.717, 1.165) is 51.5 Å². The number of guanidine groups is 1. The Morgan fingerprint density at radius 3 is 2.59 bits per heavy atom. The molecule has 0 spiro atoms. The topological polar surface area (TPSA) is 67.7 Å². The monoisotopic (exact) mass is 422 g/mol. The summed E-state index contributed by atoms with van der Waals surface area (Å²) in [6.45, 7) is 3.18. The molecule has 22 heavy (non-hydrogen) atoms. The van der Waals surface area contributed by atoms with E-state index in [-0.39, 0.29) is 29.5 Å². The Balaban J connectivity index is 0.00000441. The fourth-order valence-electron chi connectivity index (χ4n) is 1.90. The summed E-state index contributed by atoms with van der Waals surface area (Å²) < 4.78 is 6.73. The first-order valence-corrected chi connectivity index (χ1v) is 7.37. The maximum absolute atomic E-state index is 11.5. The average Bonchev–Trinajstić information content (AvgIpc) is 2.50. The lowest BCUT2D eigenvalue weighted by atomic mass is 10.3. The standard InChI is InChI=1S/C15H26N4O2.HI/c1-16-15(18-10-7-13-21-2)17-9-4-6-12-19-11-5-3-8-14(19)20;/h3,5,8,11H,4,6-7,9-10,12-13H2,1-2H3,(H2,16,17,18);1H. The van der Waals surface area contributed by atoms with E-state index in [1.807, 2.05) is 12.3 Å². The molecule has 7 heteroatoms. The Morgan fingerprint density at radius 2 is 1.95 bits per heavy atom. The van der Waals surface area contributed by atoms with Crippen LogP contribution in [0.4, 0.5) is 0 Å². The van der Waals surface area contributed by atoms with Crippen molar-refractivity contribution in [1.29, 1.82) is 0 Å². The number of rotatable bonds is 9. The highest BCUT2D eigenvalue weighted by atomic mass is 127. The predicted octanol–water partition coefficient (Wildman–Crippen LogP) is 1.45. The van der Waals surface area contributed by atoms with E-state index in [1.165, 1.54) is 0 Å². The van der Waals surface area contributed by atoms with Gasteiger partial charge in [0.15, 0.2) is 5.96 Å². The van der Waals surface area contributed by atoms with Crippen molar-refractivity contribution in [2.45, 2.75) is 25.8 Å². The Hall–Kier alpha value is -1.09. The minimum absolute atomic E-state index is 0. The zero-order valence-electron chi connectivity index (χ0n) is 13.4. The van der Waals surface area contributed by atoms with E-state index in [4.69, 9.17) is 4.74 Å². The van der Waals surface area contributed by atoms with Crippen LogP contribution >= 0.6 is 24.0 Å². The van der Waals surface area contributed by atoms with Gasteiger partial charge in [-0.25, -0.2) is 0 Å². The molecule has 0 aliphatic rings. The summed E-state index contributed by atoms with van der Waals surface area (Å²) in [5.41, 5.74) is 0.0566. The van der Waals surface area contributed by atoms with E-state index in [0.29, 0.717) is 0 Å². The van der Waals surface area contributed by atoms with Crippen molar-refractivity contribution in [1.82, 2.24) is 15.2 Å². The van der Waals surface area contributed by atoms with Crippen LogP contribution in [0.15, 0.2) is 34.2 Å². The van der Waals surface area contributed by atoms with Gasteiger partial charge < -0.3 is 19.9 Å². The van der Waals surface area contributed by atoms with Crippen LogP contribution in [0, 0.1) is 0 Å². The molecule has 0 aliphatic heterocycles. The summed E-state index contributed by atoms with van der Waals surface area (Å²) in [5, 5.41) is 6.48. The van der Waals surface area contributed by atoms with Crippen LogP contribution < -0.4 is 16.2 Å². The van der Waals surface area contributed by atoms with Crippen molar-refractivity contribution in [3.63, 3.8) is 0 Å². The number of pyridine rings is 1. The maximum atomic E-state index is 11.5. The number of methoxy groups -OCH3 is 1. The van der Waals surface area contributed by atoms with Crippen LogP contribution in [0.1, 0.15) is 19.3 Å². The van der Waals surface area contributed by atoms with Gasteiger partial charge in [-0.15, -0.1) is 24.0 Å². The van der Waals surface area contributed by atoms with Crippen LogP contribution in [-0.2, 0) is 11.3 Å². The number of halogens is 1. The molecule has 0 amide bonds. The van der Waals surface area contributed by atoms with Crippen molar-refractivity contribution in [2.75, 3.05) is 33.9 Å². The van der Waals surface area contributed by atoms with Crippen molar-refractivity contribution < 1.29 is 4.74 Å². The van der Waals surface area contributed by atoms with Crippen molar-refractivity contribution in [3.05, 3.63) is 34.7 Å². The smallest absolute Gasteiger partial charge is 0.250 e. The summed E-state index contributed by atoms with van der Waals surface area (Å²) in [7, 11) is 3.46. The summed E-state index contributed by atoms with van der Waals surface area (Å²) in [6.07, 6.45) is 4.72. The van der Waals surface area contributed by atoms with Crippen LogP contribution in [0.2, 0.25) is 0 Å². The number of ether oxygens (including phenoxy) is 1. The number of hydrogen-bond donors (Lipinski definition) is 2. The zero-order chi connectivity index (χ0) is 15.3. The van der Waals surface area contributed by atoms with E-state index in [1.54, 1.807) is 30.9 Å². The fraction of sp³-hybridized carbons (Fsp3) is 0.600. The first-order valence-electron chi connectivity index (χ1n) is 7.37. The van der Waals surface area contributed by atoms with Gasteiger partial charge in [0, 0.05) is 52.7 Å². The van der Waals surface area contributed by atoms with E-state index in [9.17, 15) is 4.79 Å². The second kappa shape index (κ2) is 13.6. The lowest BCUT2D eigenvalue weighted by Crippen LogP contribution is -2.38. The molecule has 126 valence electrons. The Bertz CT molecular complexity index is 477. The van der Waals surface area contributed by atoms with Crippen LogP contribution in [0.25, 0.3) is 0 Å². The summed E-state index contributed by atoms with van der Waals surface area (Å²) in [6, 6.07) is 5.23. The molecule has 0 saturated heterocycles. The number of hydrogen-bond acceptors (Lipinski definition) is 3. The second-order valence-corrected chi connectivity index (χ2v) is 4.71. The van der Waals surface area contributed by atoms with Gasteiger partial charge >= 0.3 is 0 Å². The van der Waals surface area contributed by atoms with Gasteiger partial charge in [-0.3, -0.25) is 9.79 Å². The van der Waals surface area contributed by atoms with Gasteiger partial charge in [0.2, 0.25) is 5.56 Å². The van der Waals surface area contributed by atoms with Crippen LogP contribution in [-0.4, -0.2) is 44.4 Å². The Labute approximate surface area is 149 Å². The number of nitrogens with zero attached hydrogens (tertiary/aromatic N) is 2. The molecule has 0 saturated carbocycles. The van der Waals surface area contributed by atoms with Gasteiger partial charge in [-0.05, 0) is 25.3 Å². The van der Waals surface area contributed by atoms with Gasteiger partial charge in [-0.1, -0.05) is 6.07 Å². The number of nitrogens with one attached hydrogen (secondary N) is 2. The zero-order valence-corrected chi connectivity index (χ0v) is 15.7. The van der Waals surface area contributed by atoms with Gasteiger partial charge in [0.05, 0.1) is 0 Å². The van der Waals surface area contributed by atoms with E-state index >= 15 is 0 Å². The lowest BCUT2D eigenvalue weighted by molar-refractivity contribution is 0.195. The molecule has 1 aromatic rings. The van der Waals surface area contributed by atoms with Crippen molar-refractivity contribution >= 4 is 29.9 Å². The normalized spacial score (nSPS) is 10.9. The molecule has 0 radical (unpaired) electrons. The number of aryl methyl sites for hydroxylation is 1. The molecule has 1 rings (SSSR count). The Morgan fingerprint density at radius 1 is 1.23 bits per heavy atom. The fourth-order valence-corrected chi connectivity index (χ4v) is 1.90. The molecule has 2 N–H and O–H groups in total. The van der Waals surface area contributed by atoms with Gasteiger partial charge in [0.25, 0.3) is 0 Å². The van der Waals surface area contributed by atoms with Gasteiger partial charge in [0.1, 0.15) is 0 Å². The van der Waals surface area contributed by atoms with Crippen LogP contribution in [0.3, 0.4) is 0 Å². The first-order chi connectivity index (χ1) is 10.3. The second-order valence-electron chi connectivity index (χ2n) is 4.71. The highest BCUT2D eigenvalue weighted by Gasteiger charge is 1.97. The third kappa shape index (κ3) is 9.04. The minimum Gasteiger partial charge on any atom is -0.385 e. The number of aliphatic imine (C=N–C) groups is 1. The SMILES string of the molecule is CN=C(NCCCCn1ccccc1=O)NCCCOC.I. The predicted molar refractivity (Wildman–Crippen MR) is 101 cm³/mol. The quantitative estimate of drug-likeness (QED) is 0.274.